The summed E-state index contributed by atoms with van der Waals surface area (Å²) in [5.41, 5.74) is 0. The molecule has 0 aromatic rings. The predicted octanol–water partition coefficient (Wildman–Crippen LogP) is 0.327. The number of aliphatic hydroxyl groups is 1. The lowest BCUT2D eigenvalue weighted by Crippen LogP contribution is -2.38. The van der Waals surface area contributed by atoms with Crippen LogP contribution in [0.1, 0.15) is 20.3 Å². The smallest absolute Gasteiger partial charge is 0.0839 e. The molecule has 0 heterocycles. The van der Waals surface area contributed by atoms with Crippen molar-refractivity contribution >= 4 is 6.34 Å². The van der Waals surface area contributed by atoms with E-state index in [1.165, 1.54) is 0 Å². The van der Waals surface area contributed by atoms with Gasteiger partial charge in [0.05, 0.1) is 12.4 Å². The van der Waals surface area contributed by atoms with E-state index in [2.05, 4.69) is 29.1 Å². The summed E-state index contributed by atoms with van der Waals surface area (Å²) in [5.74, 6) is 0. The Morgan fingerprint density at radius 3 is 2.71 bits per heavy atom. The second-order valence-electron chi connectivity index (χ2n) is 3.34. The van der Waals surface area contributed by atoms with Gasteiger partial charge in [0.15, 0.2) is 0 Å². The highest BCUT2D eigenvalue weighted by atomic mass is 16.3. The van der Waals surface area contributed by atoms with Gasteiger partial charge in [-0.3, -0.25) is 4.99 Å². The van der Waals surface area contributed by atoms with Gasteiger partial charge in [-0.25, -0.2) is 0 Å². The zero-order valence-corrected chi connectivity index (χ0v) is 9.53. The molecule has 2 N–H and O–H groups in total. The number of aliphatic imine (C=N–C) groups is 1. The van der Waals surface area contributed by atoms with E-state index in [-0.39, 0.29) is 6.10 Å². The molecule has 0 saturated carbocycles. The monoisotopic (exact) mass is 201 g/mol. The standard InChI is InChI=1S/C10H23N3O/c1-4-6-13(5-2)8-10(14)7-12-9-11-3/h9-10,14H,4-8H2,1-3H3,(H,11,12). The number of hydrogen-bond acceptors (Lipinski definition) is 3. The van der Waals surface area contributed by atoms with Crippen LogP contribution < -0.4 is 5.32 Å². The first kappa shape index (κ1) is 13.4. The molecular weight excluding hydrogens is 178 g/mol. The molecule has 0 spiro atoms. The summed E-state index contributed by atoms with van der Waals surface area (Å²) in [7, 11) is 1.70. The second kappa shape index (κ2) is 8.97. The molecule has 0 aromatic heterocycles. The van der Waals surface area contributed by atoms with Crippen LogP contribution in [-0.2, 0) is 0 Å². The van der Waals surface area contributed by atoms with Gasteiger partial charge in [-0.05, 0) is 19.5 Å². The minimum Gasteiger partial charge on any atom is -0.390 e. The van der Waals surface area contributed by atoms with Gasteiger partial charge < -0.3 is 15.3 Å². The van der Waals surface area contributed by atoms with E-state index in [0.29, 0.717) is 6.54 Å². The molecule has 0 bridgehead atoms. The SMILES string of the molecule is CCCN(CC)CC(O)CN/C=N/C. The van der Waals surface area contributed by atoms with Gasteiger partial charge in [-0.15, -0.1) is 0 Å². The van der Waals surface area contributed by atoms with Crippen LogP contribution in [-0.4, -0.2) is 55.7 Å². The van der Waals surface area contributed by atoms with Gasteiger partial charge in [0, 0.05) is 20.1 Å². The van der Waals surface area contributed by atoms with Gasteiger partial charge in [-0.1, -0.05) is 13.8 Å². The quantitative estimate of drug-likeness (QED) is 0.439. The molecule has 4 heteroatoms. The summed E-state index contributed by atoms with van der Waals surface area (Å²) < 4.78 is 0. The molecule has 0 aromatic carbocycles. The van der Waals surface area contributed by atoms with Crippen LogP contribution >= 0.6 is 0 Å². The maximum Gasteiger partial charge on any atom is 0.0839 e. The van der Waals surface area contributed by atoms with E-state index >= 15 is 0 Å². The van der Waals surface area contributed by atoms with Crippen molar-refractivity contribution in [1.29, 1.82) is 0 Å². The molecule has 0 aliphatic heterocycles. The third kappa shape index (κ3) is 6.86. The van der Waals surface area contributed by atoms with Gasteiger partial charge in [0.1, 0.15) is 0 Å². The van der Waals surface area contributed by atoms with Crippen LogP contribution in [0.5, 0.6) is 0 Å². The fourth-order valence-electron chi connectivity index (χ4n) is 1.34. The summed E-state index contributed by atoms with van der Waals surface area (Å²) in [6.07, 6.45) is 2.42. The van der Waals surface area contributed by atoms with Crippen LogP contribution in [0.2, 0.25) is 0 Å². The number of rotatable bonds is 8. The number of likely N-dealkylation sites (N-methyl/N-ethyl adjacent to an activating group) is 1. The molecule has 0 rings (SSSR count). The Morgan fingerprint density at radius 1 is 1.50 bits per heavy atom. The summed E-state index contributed by atoms with van der Waals surface area (Å²) in [6, 6.07) is 0. The first-order valence-corrected chi connectivity index (χ1v) is 5.29. The fraction of sp³-hybridized carbons (Fsp3) is 0.900. The van der Waals surface area contributed by atoms with Gasteiger partial charge in [0.2, 0.25) is 0 Å². The molecule has 0 aliphatic carbocycles. The van der Waals surface area contributed by atoms with E-state index in [9.17, 15) is 5.11 Å². The highest BCUT2D eigenvalue weighted by Crippen LogP contribution is 1.93. The van der Waals surface area contributed by atoms with Crippen molar-refractivity contribution in [2.45, 2.75) is 26.4 Å². The van der Waals surface area contributed by atoms with Gasteiger partial charge >= 0.3 is 0 Å². The molecule has 14 heavy (non-hydrogen) atoms. The Labute approximate surface area is 87.0 Å². The first-order chi connectivity index (χ1) is 6.74. The largest absolute Gasteiger partial charge is 0.390 e. The summed E-state index contributed by atoms with van der Waals surface area (Å²) in [5, 5.41) is 12.6. The average Bonchev–Trinajstić information content (AvgIpc) is 2.17. The Hall–Kier alpha value is -0.610. The lowest BCUT2D eigenvalue weighted by atomic mass is 10.3. The second-order valence-corrected chi connectivity index (χ2v) is 3.34. The normalized spacial score (nSPS) is 13.8. The predicted molar refractivity (Wildman–Crippen MR) is 60.8 cm³/mol. The zero-order chi connectivity index (χ0) is 10.8. The average molecular weight is 201 g/mol. The number of hydrogen-bond donors (Lipinski definition) is 2. The van der Waals surface area contributed by atoms with E-state index in [1.54, 1.807) is 13.4 Å². The first-order valence-electron chi connectivity index (χ1n) is 5.29. The van der Waals surface area contributed by atoms with E-state index < -0.39 is 0 Å². The lowest BCUT2D eigenvalue weighted by Gasteiger charge is -2.22. The Balaban J connectivity index is 3.61. The van der Waals surface area contributed by atoms with Crippen molar-refractivity contribution < 1.29 is 5.11 Å². The molecular formula is C10H23N3O. The van der Waals surface area contributed by atoms with Crippen LogP contribution in [0.15, 0.2) is 4.99 Å². The summed E-state index contributed by atoms with van der Waals surface area (Å²) in [6.45, 7) is 7.61. The minimum atomic E-state index is -0.320. The third-order valence-electron chi connectivity index (χ3n) is 2.03. The fourth-order valence-corrected chi connectivity index (χ4v) is 1.34. The van der Waals surface area contributed by atoms with Gasteiger partial charge in [0.25, 0.3) is 0 Å². The maximum absolute atomic E-state index is 9.64. The topological polar surface area (TPSA) is 47.9 Å². The van der Waals surface area contributed by atoms with Crippen molar-refractivity contribution in [1.82, 2.24) is 10.2 Å². The lowest BCUT2D eigenvalue weighted by molar-refractivity contribution is 0.118. The highest BCUT2D eigenvalue weighted by molar-refractivity contribution is 5.53. The molecule has 4 nitrogen and oxygen atoms in total. The number of nitrogens with zero attached hydrogens (tertiary/aromatic N) is 2. The molecule has 0 fully saturated rings. The molecule has 1 unspecified atom stereocenters. The van der Waals surface area contributed by atoms with Crippen molar-refractivity contribution in [2.75, 3.05) is 33.2 Å². The Kier molecular flexibility index (Phi) is 8.57. The molecule has 0 radical (unpaired) electrons. The zero-order valence-electron chi connectivity index (χ0n) is 9.53. The molecule has 1 atom stereocenters. The van der Waals surface area contributed by atoms with Crippen molar-refractivity contribution in [3.8, 4) is 0 Å². The maximum atomic E-state index is 9.64. The Bertz CT molecular complexity index is 150. The van der Waals surface area contributed by atoms with Crippen LogP contribution in [0.25, 0.3) is 0 Å². The van der Waals surface area contributed by atoms with Crippen molar-refractivity contribution in [2.24, 2.45) is 4.99 Å². The number of aliphatic hydroxyl groups excluding tert-OH is 1. The molecule has 0 aliphatic rings. The summed E-state index contributed by atoms with van der Waals surface area (Å²) in [4.78, 5) is 6.03. The van der Waals surface area contributed by atoms with E-state index in [0.717, 1.165) is 26.1 Å². The highest BCUT2D eigenvalue weighted by Gasteiger charge is 2.08. The third-order valence-corrected chi connectivity index (χ3v) is 2.03. The number of nitrogens with one attached hydrogen (secondary N) is 1. The van der Waals surface area contributed by atoms with Gasteiger partial charge in [-0.2, -0.15) is 0 Å². The van der Waals surface area contributed by atoms with Crippen LogP contribution in [0, 0.1) is 0 Å². The van der Waals surface area contributed by atoms with E-state index in [1.807, 2.05) is 0 Å². The molecule has 0 saturated heterocycles. The minimum absolute atomic E-state index is 0.320. The Morgan fingerprint density at radius 2 is 2.21 bits per heavy atom. The summed E-state index contributed by atoms with van der Waals surface area (Å²) >= 11 is 0. The van der Waals surface area contributed by atoms with Crippen molar-refractivity contribution in [3.63, 3.8) is 0 Å². The molecule has 84 valence electrons. The van der Waals surface area contributed by atoms with E-state index in [4.69, 9.17) is 0 Å². The molecule has 0 amide bonds. The van der Waals surface area contributed by atoms with Crippen molar-refractivity contribution in [3.05, 3.63) is 0 Å². The van der Waals surface area contributed by atoms with Crippen LogP contribution in [0.4, 0.5) is 0 Å². The van der Waals surface area contributed by atoms with Crippen LogP contribution in [0.3, 0.4) is 0 Å².